The highest BCUT2D eigenvalue weighted by atomic mass is 32.2. The maximum absolute atomic E-state index is 12.0. The van der Waals surface area contributed by atoms with Gasteiger partial charge in [0.15, 0.2) is 0 Å². The fourth-order valence-corrected chi connectivity index (χ4v) is 5.34. The molecule has 0 amide bonds. The Morgan fingerprint density at radius 3 is 2.00 bits per heavy atom. The molecule has 0 heterocycles. The largest absolute Gasteiger partial charge is 0.283 e. The van der Waals surface area contributed by atoms with Crippen LogP contribution in [0.3, 0.4) is 0 Å². The summed E-state index contributed by atoms with van der Waals surface area (Å²) < 4.78 is 53.1. The summed E-state index contributed by atoms with van der Waals surface area (Å²) in [5.41, 5.74) is 4.66. The molecule has 0 spiro atoms. The summed E-state index contributed by atoms with van der Waals surface area (Å²) in [6, 6.07) is 11.5. The monoisotopic (exact) mass is 450 g/mol. The van der Waals surface area contributed by atoms with Crippen LogP contribution in [-0.4, -0.2) is 29.3 Å². The van der Waals surface area contributed by atoms with Gasteiger partial charge in [0.25, 0.3) is 0 Å². The van der Waals surface area contributed by atoms with Crippen LogP contribution < -0.4 is 9.44 Å². The summed E-state index contributed by atoms with van der Waals surface area (Å²) in [5.74, 6) is 0. The molecular formula is C22H30N2O4S2. The summed E-state index contributed by atoms with van der Waals surface area (Å²) in [5, 5.41) is 0. The van der Waals surface area contributed by atoms with Gasteiger partial charge in [0, 0.05) is 5.41 Å². The molecule has 1 atom stereocenters. The van der Waals surface area contributed by atoms with E-state index in [9.17, 15) is 16.8 Å². The summed E-state index contributed by atoms with van der Waals surface area (Å²) in [7, 11) is -6.86. The molecule has 1 aliphatic carbocycles. The number of fused-ring (bicyclic) bond motifs is 1. The van der Waals surface area contributed by atoms with Crippen molar-refractivity contribution in [3.8, 4) is 0 Å². The Morgan fingerprint density at radius 2 is 1.43 bits per heavy atom. The topological polar surface area (TPSA) is 92.3 Å². The molecule has 2 aromatic rings. The van der Waals surface area contributed by atoms with E-state index in [-0.39, 0.29) is 10.8 Å². The van der Waals surface area contributed by atoms with Crippen molar-refractivity contribution in [2.45, 2.75) is 51.4 Å². The minimum absolute atomic E-state index is 0.141. The molecule has 2 aromatic carbocycles. The lowest BCUT2D eigenvalue weighted by atomic mass is 9.79. The highest BCUT2D eigenvalue weighted by molar-refractivity contribution is 7.92. The van der Waals surface area contributed by atoms with Gasteiger partial charge in [0.05, 0.1) is 23.9 Å². The van der Waals surface area contributed by atoms with E-state index >= 15 is 0 Å². The SMILES string of the molecule is CC(C)(C)c1cc2c(c(NS(C)(=O)=O)c1)CC(C)(c1ccccc1NS(C)(=O)=O)C2. The van der Waals surface area contributed by atoms with Gasteiger partial charge in [-0.1, -0.05) is 52.0 Å². The van der Waals surface area contributed by atoms with E-state index < -0.39 is 20.0 Å². The van der Waals surface area contributed by atoms with Crippen LogP contribution in [0.25, 0.3) is 0 Å². The number of benzene rings is 2. The second kappa shape index (κ2) is 7.27. The fraction of sp³-hybridized carbons (Fsp3) is 0.455. The first kappa shape index (κ1) is 22.6. The molecule has 2 N–H and O–H groups in total. The van der Waals surface area contributed by atoms with Gasteiger partial charge < -0.3 is 0 Å². The predicted octanol–water partition coefficient (Wildman–Crippen LogP) is 3.78. The number of rotatable bonds is 5. The molecule has 1 unspecified atom stereocenters. The van der Waals surface area contributed by atoms with Gasteiger partial charge in [-0.15, -0.1) is 0 Å². The van der Waals surface area contributed by atoms with Crippen LogP contribution in [0.2, 0.25) is 0 Å². The molecule has 0 bridgehead atoms. The highest BCUT2D eigenvalue weighted by Gasteiger charge is 2.38. The van der Waals surface area contributed by atoms with Crippen molar-refractivity contribution in [3.05, 3.63) is 58.7 Å². The zero-order valence-corrected chi connectivity index (χ0v) is 20.0. The Kier molecular flexibility index (Phi) is 5.48. The van der Waals surface area contributed by atoms with Crippen molar-refractivity contribution in [2.75, 3.05) is 22.0 Å². The molecule has 164 valence electrons. The fourth-order valence-electron chi connectivity index (χ4n) is 4.18. The third kappa shape index (κ3) is 4.98. The molecule has 1 aliphatic rings. The molecule has 0 fully saturated rings. The number of hydrogen-bond acceptors (Lipinski definition) is 4. The summed E-state index contributed by atoms with van der Waals surface area (Å²) in [6.45, 7) is 8.38. The number of anilines is 2. The van der Waals surface area contributed by atoms with Crippen LogP contribution in [0.1, 0.15) is 49.9 Å². The lowest BCUT2D eigenvalue weighted by Gasteiger charge is -2.27. The second-order valence-electron chi connectivity index (χ2n) is 9.62. The molecule has 0 aromatic heterocycles. The lowest BCUT2D eigenvalue weighted by molar-refractivity contribution is 0.505. The molecule has 0 saturated carbocycles. The first-order chi connectivity index (χ1) is 13.6. The van der Waals surface area contributed by atoms with Crippen molar-refractivity contribution >= 4 is 31.4 Å². The minimum atomic E-state index is -3.44. The van der Waals surface area contributed by atoms with Crippen LogP contribution >= 0.6 is 0 Å². The van der Waals surface area contributed by atoms with Crippen molar-refractivity contribution in [2.24, 2.45) is 0 Å². The normalized spacial score (nSPS) is 19.4. The van der Waals surface area contributed by atoms with E-state index in [1.54, 1.807) is 12.1 Å². The van der Waals surface area contributed by atoms with Crippen LogP contribution in [0.5, 0.6) is 0 Å². The highest BCUT2D eigenvalue weighted by Crippen LogP contribution is 2.46. The van der Waals surface area contributed by atoms with Crippen LogP contribution in [0, 0.1) is 0 Å². The van der Waals surface area contributed by atoms with Crippen LogP contribution in [-0.2, 0) is 43.7 Å². The van der Waals surface area contributed by atoms with Gasteiger partial charge in [0.1, 0.15) is 0 Å². The maximum atomic E-state index is 12.0. The molecule has 3 rings (SSSR count). The van der Waals surface area contributed by atoms with Gasteiger partial charge in [-0.2, -0.15) is 0 Å². The molecule has 0 aliphatic heterocycles. The van der Waals surface area contributed by atoms with E-state index in [1.165, 1.54) is 0 Å². The van der Waals surface area contributed by atoms with Gasteiger partial charge in [-0.3, -0.25) is 9.44 Å². The number of sulfonamides is 2. The third-order valence-electron chi connectivity index (χ3n) is 5.52. The maximum Gasteiger partial charge on any atom is 0.229 e. The van der Waals surface area contributed by atoms with Crippen molar-refractivity contribution < 1.29 is 16.8 Å². The van der Waals surface area contributed by atoms with E-state index in [0.717, 1.165) is 34.8 Å². The molecule has 6 nitrogen and oxygen atoms in total. The van der Waals surface area contributed by atoms with E-state index in [2.05, 4.69) is 43.2 Å². The summed E-state index contributed by atoms with van der Waals surface area (Å²) in [4.78, 5) is 0. The Balaban J connectivity index is 2.13. The Hall–Kier alpha value is -2.06. The second-order valence-corrected chi connectivity index (χ2v) is 13.1. The van der Waals surface area contributed by atoms with Crippen molar-refractivity contribution in [3.63, 3.8) is 0 Å². The van der Waals surface area contributed by atoms with E-state index in [1.807, 2.05) is 18.2 Å². The minimum Gasteiger partial charge on any atom is -0.283 e. The first-order valence-electron chi connectivity index (χ1n) is 9.79. The summed E-state index contributed by atoms with van der Waals surface area (Å²) >= 11 is 0. The Morgan fingerprint density at radius 1 is 0.867 bits per heavy atom. The smallest absolute Gasteiger partial charge is 0.229 e. The van der Waals surface area contributed by atoms with Gasteiger partial charge in [0.2, 0.25) is 20.0 Å². The lowest BCUT2D eigenvalue weighted by Crippen LogP contribution is -2.25. The molecule has 30 heavy (non-hydrogen) atoms. The van der Waals surface area contributed by atoms with E-state index in [4.69, 9.17) is 0 Å². The van der Waals surface area contributed by atoms with E-state index in [0.29, 0.717) is 24.2 Å². The zero-order chi connectivity index (χ0) is 22.5. The number of hydrogen-bond donors (Lipinski definition) is 2. The van der Waals surface area contributed by atoms with Gasteiger partial charge in [-0.05, 0) is 52.6 Å². The molecule has 8 heteroatoms. The van der Waals surface area contributed by atoms with Crippen molar-refractivity contribution in [1.82, 2.24) is 0 Å². The third-order valence-corrected chi connectivity index (χ3v) is 6.71. The standard InChI is InChI=1S/C22H30N2O4S2/c1-21(2,3)16-11-15-13-22(4,14-17(15)20(12-16)24-30(6,27)28)18-9-7-8-10-19(18)23-29(5,25)26/h7-12,23-24H,13-14H2,1-6H3. The molecule has 0 saturated heterocycles. The van der Waals surface area contributed by atoms with Gasteiger partial charge >= 0.3 is 0 Å². The van der Waals surface area contributed by atoms with Crippen molar-refractivity contribution in [1.29, 1.82) is 0 Å². The number of nitrogens with one attached hydrogen (secondary N) is 2. The summed E-state index contributed by atoms with van der Waals surface area (Å²) in [6.07, 6.45) is 3.59. The molecule has 0 radical (unpaired) electrons. The number of para-hydroxylation sites is 1. The van der Waals surface area contributed by atoms with Gasteiger partial charge in [-0.25, -0.2) is 16.8 Å². The Bertz CT molecular complexity index is 1200. The first-order valence-corrected chi connectivity index (χ1v) is 13.6. The van der Waals surface area contributed by atoms with Crippen LogP contribution in [0.15, 0.2) is 36.4 Å². The van der Waals surface area contributed by atoms with Crippen LogP contribution in [0.4, 0.5) is 11.4 Å². The quantitative estimate of drug-likeness (QED) is 0.725. The average Bonchev–Trinajstić information content (AvgIpc) is 2.89. The predicted molar refractivity (Wildman–Crippen MR) is 123 cm³/mol. The zero-order valence-electron chi connectivity index (χ0n) is 18.3. The average molecular weight is 451 g/mol. The Labute approximate surface area is 180 Å². The molecular weight excluding hydrogens is 420 g/mol.